The average molecular weight is 459 g/mol. The lowest BCUT2D eigenvalue weighted by Gasteiger charge is -2.12. The molecule has 0 saturated heterocycles. The first kappa shape index (κ1) is 22.6. The summed E-state index contributed by atoms with van der Waals surface area (Å²) in [5, 5.41) is 12.4. The van der Waals surface area contributed by atoms with Crippen LogP contribution in [0.1, 0.15) is 22.5 Å². The second-order valence-corrected chi connectivity index (χ2v) is 8.67. The molecule has 0 fully saturated rings. The second kappa shape index (κ2) is 10.8. The number of hydrogen-bond donors (Lipinski definition) is 1. The minimum absolute atomic E-state index is 0.0824. The summed E-state index contributed by atoms with van der Waals surface area (Å²) in [6, 6.07) is 25.8. The standard InChI is InChI=1S/C26H26N4O2S/c1-19-12-14-22(15-13-19)32-17-24-28-29-26(30(24)16-21-9-4-3-5-10-21)33-18-25(31)27-23-11-7-6-8-20(23)2/h3-15H,16-18H2,1-2H3,(H,27,31). The molecule has 0 bridgehead atoms. The highest BCUT2D eigenvalue weighted by atomic mass is 32.2. The van der Waals surface area contributed by atoms with Gasteiger partial charge in [-0.2, -0.15) is 0 Å². The molecule has 33 heavy (non-hydrogen) atoms. The fourth-order valence-corrected chi connectivity index (χ4v) is 4.03. The van der Waals surface area contributed by atoms with Crippen molar-refractivity contribution in [3.05, 3.63) is 101 Å². The number of hydrogen-bond acceptors (Lipinski definition) is 5. The van der Waals surface area contributed by atoms with Gasteiger partial charge in [0.1, 0.15) is 12.4 Å². The molecule has 1 N–H and O–H groups in total. The Labute approximate surface area is 198 Å². The summed E-state index contributed by atoms with van der Waals surface area (Å²) >= 11 is 1.37. The van der Waals surface area contributed by atoms with E-state index < -0.39 is 0 Å². The summed E-state index contributed by atoms with van der Waals surface area (Å²) in [6.45, 7) is 4.90. The molecule has 4 rings (SSSR count). The van der Waals surface area contributed by atoms with E-state index in [9.17, 15) is 4.79 Å². The number of amides is 1. The minimum atomic E-state index is -0.0824. The summed E-state index contributed by atoms with van der Waals surface area (Å²) in [5.41, 5.74) is 4.15. The van der Waals surface area contributed by atoms with Crippen molar-refractivity contribution in [3.63, 3.8) is 0 Å². The van der Waals surface area contributed by atoms with Crippen molar-refractivity contribution in [2.45, 2.75) is 32.2 Å². The van der Waals surface area contributed by atoms with Crippen LogP contribution in [0.4, 0.5) is 5.69 Å². The third kappa shape index (κ3) is 6.23. The number of anilines is 1. The Morgan fingerprint density at radius 1 is 0.939 bits per heavy atom. The van der Waals surface area contributed by atoms with E-state index in [1.165, 1.54) is 17.3 Å². The Morgan fingerprint density at radius 3 is 2.42 bits per heavy atom. The van der Waals surface area contributed by atoms with Gasteiger partial charge in [0.15, 0.2) is 11.0 Å². The van der Waals surface area contributed by atoms with Gasteiger partial charge in [-0.15, -0.1) is 10.2 Å². The number of carbonyl (C=O) groups excluding carboxylic acids is 1. The van der Waals surface area contributed by atoms with Crippen molar-refractivity contribution < 1.29 is 9.53 Å². The largest absolute Gasteiger partial charge is 0.486 e. The zero-order valence-corrected chi connectivity index (χ0v) is 19.5. The maximum Gasteiger partial charge on any atom is 0.234 e. The molecular weight excluding hydrogens is 432 g/mol. The Morgan fingerprint density at radius 2 is 1.67 bits per heavy atom. The fraction of sp³-hybridized carbons (Fsp3) is 0.192. The van der Waals surface area contributed by atoms with Crippen molar-refractivity contribution in [3.8, 4) is 5.75 Å². The van der Waals surface area contributed by atoms with Gasteiger partial charge in [0.05, 0.1) is 12.3 Å². The van der Waals surface area contributed by atoms with Crippen LogP contribution in [0.5, 0.6) is 5.75 Å². The van der Waals surface area contributed by atoms with E-state index in [0.29, 0.717) is 24.1 Å². The highest BCUT2D eigenvalue weighted by molar-refractivity contribution is 7.99. The lowest BCUT2D eigenvalue weighted by Crippen LogP contribution is -2.16. The number of aromatic nitrogens is 3. The predicted molar refractivity (Wildman–Crippen MR) is 132 cm³/mol. The van der Waals surface area contributed by atoms with Crippen LogP contribution in [0.2, 0.25) is 0 Å². The molecule has 1 heterocycles. The Bertz CT molecular complexity index is 1210. The SMILES string of the molecule is Cc1ccc(OCc2nnc(SCC(=O)Nc3ccccc3C)n2Cc2ccccc2)cc1. The first-order valence-corrected chi connectivity index (χ1v) is 11.7. The molecule has 0 aliphatic carbocycles. The summed E-state index contributed by atoms with van der Waals surface area (Å²) < 4.78 is 7.95. The predicted octanol–water partition coefficient (Wildman–Crippen LogP) is 5.25. The molecule has 6 nitrogen and oxygen atoms in total. The third-order valence-corrected chi connectivity index (χ3v) is 6.08. The van der Waals surface area contributed by atoms with Crippen LogP contribution in [-0.4, -0.2) is 26.4 Å². The highest BCUT2D eigenvalue weighted by Gasteiger charge is 2.16. The zero-order valence-electron chi connectivity index (χ0n) is 18.7. The monoisotopic (exact) mass is 458 g/mol. The van der Waals surface area contributed by atoms with Crippen LogP contribution in [0.25, 0.3) is 0 Å². The minimum Gasteiger partial charge on any atom is -0.486 e. The van der Waals surface area contributed by atoms with Crippen LogP contribution in [0.15, 0.2) is 84.0 Å². The first-order valence-electron chi connectivity index (χ1n) is 10.7. The lowest BCUT2D eigenvalue weighted by atomic mass is 10.2. The van der Waals surface area contributed by atoms with E-state index in [0.717, 1.165) is 22.6 Å². The fourth-order valence-electron chi connectivity index (χ4n) is 3.27. The summed E-state index contributed by atoms with van der Waals surface area (Å²) in [4.78, 5) is 12.5. The van der Waals surface area contributed by atoms with Gasteiger partial charge in [-0.1, -0.05) is 78.0 Å². The maximum atomic E-state index is 12.5. The smallest absolute Gasteiger partial charge is 0.234 e. The average Bonchev–Trinajstić information content (AvgIpc) is 3.21. The topological polar surface area (TPSA) is 69.0 Å². The molecule has 168 valence electrons. The van der Waals surface area contributed by atoms with Gasteiger partial charge in [-0.05, 0) is 43.2 Å². The molecule has 1 aromatic heterocycles. The zero-order chi connectivity index (χ0) is 23.0. The van der Waals surface area contributed by atoms with Gasteiger partial charge in [0, 0.05) is 5.69 Å². The molecule has 0 spiro atoms. The second-order valence-electron chi connectivity index (χ2n) is 7.72. The van der Waals surface area contributed by atoms with E-state index >= 15 is 0 Å². The van der Waals surface area contributed by atoms with Crippen molar-refractivity contribution in [2.75, 3.05) is 11.1 Å². The molecule has 0 atom stereocenters. The number of nitrogens with zero attached hydrogens (tertiary/aromatic N) is 3. The number of carbonyl (C=O) groups is 1. The number of aryl methyl sites for hydroxylation is 2. The van der Waals surface area contributed by atoms with Crippen molar-refractivity contribution in [1.82, 2.24) is 14.8 Å². The van der Waals surface area contributed by atoms with Gasteiger partial charge in [-0.25, -0.2) is 0 Å². The number of thioether (sulfide) groups is 1. The molecular formula is C26H26N4O2S. The van der Waals surface area contributed by atoms with E-state index in [2.05, 4.69) is 27.6 Å². The van der Waals surface area contributed by atoms with Crippen molar-refractivity contribution in [1.29, 1.82) is 0 Å². The molecule has 0 unspecified atom stereocenters. The Balaban J connectivity index is 1.47. The Hall–Kier alpha value is -3.58. The summed E-state index contributed by atoms with van der Waals surface area (Å²) in [6.07, 6.45) is 0. The van der Waals surface area contributed by atoms with Crippen molar-refractivity contribution in [2.24, 2.45) is 0 Å². The molecule has 0 aliphatic heterocycles. The van der Waals surface area contributed by atoms with Crippen LogP contribution in [0.3, 0.4) is 0 Å². The quantitative estimate of drug-likeness (QED) is 0.347. The number of ether oxygens (including phenoxy) is 1. The van der Waals surface area contributed by atoms with Crippen LogP contribution in [0, 0.1) is 13.8 Å². The molecule has 4 aromatic rings. The van der Waals surface area contributed by atoms with Crippen LogP contribution < -0.4 is 10.1 Å². The third-order valence-electron chi connectivity index (χ3n) is 5.12. The first-order chi connectivity index (χ1) is 16.1. The molecule has 3 aromatic carbocycles. The van der Waals surface area contributed by atoms with Crippen LogP contribution >= 0.6 is 11.8 Å². The van der Waals surface area contributed by atoms with Gasteiger partial charge in [0.25, 0.3) is 0 Å². The normalized spacial score (nSPS) is 10.7. The van der Waals surface area contributed by atoms with E-state index in [1.807, 2.05) is 85.1 Å². The number of benzene rings is 3. The molecule has 1 amide bonds. The lowest BCUT2D eigenvalue weighted by molar-refractivity contribution is -0.113. The molecule has 7 heteroatoms. The van der Waals surface area contributed by atoms with Gasteiger partial charge < -0.3 is 10.1 Å². The van der Waals surface area contributed by atoms with E-state index in [-0.39, 0.29) is 11.7 Å². The van der Waals surface area contributed by atoms with Crippen LogP contribution in [-0.2, 0) is 17.9 Å². The Kier molecular flexibility index (Phi) is 7.42. The maximum absolute atomic E-state index is 12.5. The van der Waals surface area contributed by atoms with E-state index in [1.54, 1.807) is 0 Å². The molecule has 0 aliphatic rings. The van der Waals surface area contributed by atoms with Gasteiger partial charge in [0.2, 0.25) is 5.91 Å². The molecule has 0 radical (unpaired) electrons. The number of nitrogens with one attached hydrogen (secondary N) is 1. The van der Waals surface area contributed by atoms with E-state index in [4.69, 9.17) is 4.74 Å². The molecule has 0 saturated carbocycles. The highest BCUT2D eigenvalue weighted by Crippen LogP contribution is 2.21. The number of rotatable bonds is 9. The summed E-state index contributed by atoms with van der Waals surface area (Å²) in [7, 11) is 0. The summed E-state index contributed by atoms with van der Waals surface area (Å²) in [5.74, 6) is 1.64. The number of para-hydroxylation sites is 1. The van der Waals surface area contributed by atoms with Gasteiger partial charge >= 0.3 is 0 Å². The van der Waals surface area contributed by atoms with Crippen molar-refractivity contribution >= 4 is 23.4 Å². The van der Waals surface area contributed by atoms with Gasteiger partial charge in [-0.3, -0.25) is 9.36 Å².